The maximum Gasteiger partial charge on any atom is 0.409 e. The highest BCUT2D eigenvalue weighted by Gasteiger charge is 2.11. The van der Waals surface area contributed by atoms with Crippen molar-refractivity contribution in [3.05, 3.63) is 53.3 Å². The highest BCUT2D eigenvalue weighted by molar-refractivity contribution is 5.92. The molecule has 1 amide bonds. The number of hydrogen-bond acceptors (Lipinski definition) is 1. The number of carbonyl (C=O) groups is 1. The molecular formula is C15H14FNO2. The fourth-order valence-corrected chi connectivity index (χ4v) is 1.99. The molecule has 2 aromatic carbocycles. The normalized spacial score (nSPS) is 10.3. The summed E-state index contributed by atoms with van der Waals surface area (Å²) in [6, 6.07) is 10.2. The number of aryl methyl sites for hydroxylation is 2. The Labute approximate surface area is 110 Å². The fraction of sp³-hybridized carbons (Fsp3) is 0.133. The number of benzene rings is 2. The van der Waals surface area contributed by atoms with Gasteiger partial charge in [0, 0.05) is 5.56 Å². The molecular weight excluding hydrogens is 245 g/mol. The van der Waals surface area contributed by atoms with Crippen molar-refractivity contribution in [2.24, 2.45) is 0 Å². The molecule has 0 saturated heterocycles. The van der Waals surface area contributed by atoms with Crippen molar-refractivity contribution < 1.29 is 14.3 Å². The summed E-state index contributed by atoms with van der Waals surface area (Å²) < 4.78 is 13.3. The first-order valence-electron chi connectivity index (χ1n) is 5.85. The van der Waals surface area contributed by atoms with Crippen LogP contribution in [-0.2, 0) is 0 Å². The van der Waals surface area contributed by atoms with Crippen LogP contribution < -0.4 is 5.32 Å². The van der Waals surface area contributed by atoms with Gasteiger partial charge in [-0.25, -0.2) is 9.18 Å². The molecule has 0 radical (unpaired) electrons. The third-order valence-electron chi connectivity index (χ3n) is 2.97. The zero-order valence-corrected chi connectivity index (χ0v) is 10.7. The largest absolute Gasteiger partial charge is 0.465 e. The first-order chi connectivity index (χ1) is 8.99. The average molecular weight is 259 g/mol. The van der Waals surface area contributed by atoms with E-state index in [0.717, 1.165) is 16.7 Å². The minimum atomic E-state index is -1.12. The van der Waals surface area contributed by atoms with Gasteiger partial charge in [-0.05, 0) is 42.7 Å². The molecule has 0 saturated carbocycles. The standard InChI is InChI=1S/C15H14FNO2/c1-9-4-3-5-12(14(9)17-15(18)19)11-6-7-13(16)10(2)8-11/h3-8,17H,1-2H3,(H,18,19). The highest BCUT2D eigenvalue weighted by Crippen LogP contribution is 2.31. The number of para-hydroxylation sites is 1. The van der Waals surface area contributed by atoms with Crippen LogP contribution in [0, 0.1) is 19.7 Å². The lowest BCUT2D eigenvalue weighted by Gasteiger charge is -2.13. The van der Waals surface area contributed by atoms with E-state index in [-0.39, 0.29) is 5.82 Å². The molecule has 0 aliphatic rings. The van der Waals surface area contributed by atoms with Crippen molar-refractivity contribution >= 4 is 11.8 Å². The Morgan fingerprint density at radius 1 is 1.16 bits per heavy atom. The van der Waals surface area contributed by atoms with E-state index in [2.05, 4.69) is 5.32 Å². The van der Waals surface area contributed by atoms with E-state index in [1.54, 1.807) is 19.1 Å². The number of hydrogen-bond donors (Lipinski definition) is 2. The molecule has 0 aromatic heterocycles. The van der Waals surface area contributed by atoms with Crippen LogP contribution in [0.1, 0.15) is 11.1 Å². The molecule has 0 heterocycles. The molecule has 0 spiro atoms. The Morgan fingerprint density at radius 3 is 2.53 bits per heavy atom. The summed E-state index contributed by atoms with van der Waals surface area (Å²) in [6.07, 6.45) is -1.12. The maximum atomic E-state index is 13.3. The molecule has 0 unspecified atom stereocenters. The lowest BCUT2D eigenvalue weighted by Crippen LogP contribution is -2.09. The molecule has 2 aromatic rings. The summed E-state index contributed by atoms with van der Waals surface area (Å²) in [5, 5.41) is 11.3. The fourth-order valence-electron chi connectivity index (χ4n) is 1.99. The SMILES string of the molecule is Cc1cc(-c2cccc(C)c2NC(=O)O)ccc1F. The van der Waals surface area contributed by atoms with Gasteiger partial charge in [0.1, 0.15) is 5.82 Å². The Kier molecular flexibility index (Phi) is 3.51. The molecule has 0 atom stereocenters. The minimum absolute atomic E-state index is 0.274. The van der Waals surface area contributed by atoms with Crippen LogP contribution >= 0.6 is 0 Å². The third-order valence-corrected chi connectivity index (χ3v) is 2.97. The lowest BCUT2D eigenvalue weighted by molar-refractivity contribution is 0.209. The van der Waals surface area contributed by atoms with Crippen LogP contribution in [0.25, 0.3) is 11.1 Å². The monoisotopic (exact) mass is 259 g/mol. The van der Waals surface area contributed by atoms with Gasteiger partial charge in [-0.3, -0.25) is 5.32 Å². The van der Waals surface area contributed by atoms with E-state index in [1.807, 2.05) is 25.1 Å². The molecule has 0 bridgehead atoms. The van der Waals surface area contributed by atoms with Gasteiger partial charge in [-0.15, -0.1) is 0 Å². The van der Waals surface area contributed by atoms with E-state index < -0.39 is 6.09 Å². The number of halogens is 1. The maximum absolute atomic E-state index is 13.3. The predicted octanol–water partition coefficient (Wildman–Crippen LogP) is 4.20. The van der Waals surface area contributed by atoms with Crippen LogP contribution in [0.15, 0.2) is 36.4 Å². The first kappa shape index (κ1) is 13.1. The van der Waals surface area contributed by atoms with Crippen molar-refractivity contribution in [2.45, 2.75) is 13.8 Å². The number of nitrogens with one attached hydrogen (secondary N) is 1. The van der Waals surface area contributed by atoms with Crippen molar-refractivity contribution in [2.75, 3.05) is 5.32 Å². The van der Waals surface area contributed by atoms with Crippen molar-refractivity contribution in [3.63, 3.8) is 0 Å². The second-order valence-corrected chi connectivity index (χ2v) is 4.39. The van der Waals surface area contributed by atoms with Crippen LogP contribution in [0.2, 0.25) is 0 Å². The van der Waals surface area contributed by atoms with E-state index in [0.29, 0.717) is 11.3 Å². The summed E-state index contributed by atoms with van der Waals surface area (Å²) in [7, 11) is 0. The van der Waals surface area contributed by atoms with Gasteiger partial charge >= 0.3 is 6.09 Å². The quantitative estimate of drug-likeness (QED) is 0.849. The Bertz CT molecular complexity index is 638. The number of amides is 1. The molecule has 0 aliphatic heterocycles. The average Bonchev–Trinajstić information content (AvgIpc) is 2.35. The van der Waals surface area contributed by atoms with Crippen molar-refractivity contribution in [1.82, 2.24) is 0 Å². The van der Waals surface area contributed by atoms with Crippen LogP contribution in [0.5, 0.6) is 0 Å². The van der Waals surface area contributed by atoms with Crippen molar-refractivity contribution in [1.29, 1.82) is 0 Å². The number of rotatable bonds is 2. The summed E-state index contributed by atoms with van der Waals surface area (Å²) in [5.74, 6) is -0.274. The molecule has 0 aliphatic carbocycles. The Balaban J connectivity index is 2.57. The van der Waals surface area contributed by atoms with E-state index in [1.165, 1.54) is 6.07 Å². The summed E-state index contributed by atoms with van der Waals surface area (Å²) >= 11 is 0. The molecule has 2 N–H and O–H groups in total. The van der Waals surface area contributed by atoms with Gasteiger partial charge in [0.25, 0.3) is 0 Å². The van der Waals surface area contributed by atoms with Gasteiger partial charge in [-0.2, -0.15) is 0 Å². The first-order valence-corrected chi connectivity index (χ1v) is 5.85. The predicted molar refractivity (Wildman–Crippen MR) is 73.0 cm³/mol. The molecule has 3 nitrogen and oxygen atoms in total. The van der Waals surface area contributed by atoms with Gasteiger partial charge in [0.15, 0.2) is 0 Å². The second kappa shape index (κ2) is 5.10. The lowest BCUT2D eigenvalue weighted by atomic mass is 9.99. The zero-order chi connectivity index (χ0) is 14.0. The smallest absolute Gasteiger partial charge is 0.409 e. The third kappa shape index (κ3) is 2.73. The number of anilines is 1. The number of carboxylic acid groups (broad SMARTS) is 1. The van der Waals surface area contributed by atoms with Gasteiger partial charge < -0.3 is 5.11 Å². The minimum Gasteiger partial charge on any atom is -0.465 e. The Morgan fingerprint density at radius 2 is 1.89 bits per heavy atom. The second-order valence-electron chi connectivity index (χ2n) is 4.39. The highest BCUT2D eigenvalue weighted by atomic mass is 19.1. The summed E-state index contributed by atoms with van der Waals surface area (Å²) in [5.41, 5.74) is 3.40. The molecule has 4 heteroatoms. The van der Waals surface area contributed by atoms with Crippen LogP contribution in [-0.4, -0.2) is 11.2 Å². The summed E-state index contributed by atoms with van der Waals surface area (Å²) in [6.45, 7) is 3.50. The topological polar surface area (TPSA) is 49.3 Å². The van der Waals surface area contributed by atoms with Crippen LogP contribution in [0.3, 0.4) is 0 Å². The van der Waals surface area contributed by atoms with Crippen molar-refractivity contribution in [3.8, 4) is 11.1 Å². The van der Waals surface area contributed by atoms with E-state index >= 15 is 0 Å². The van der Waals surface area contributed by atoms with Gasteiger partial charge in [0.05, 0.1) is 5.69 Å². The Hall–Kier alpha value is -2.36. The molecule has 19 heavy (non-hydrogen) atoms. The van der Waals surface area contributed by atoms with E-state index in [9.17, 15) is 9.18 Å². The zero-order valence-electron chi connectivity index (χ0n) is 10.7. The van der Waals surface area contributed by atoms with Gasteiger partial charge in [0.2, 0.25) is 0 Å². The van der Waals surface area contributed by atoms with E-state index in [4.69, 9.17) is 5.11 Å². The summed E-state index contributed by atoms with van der Waals surface area (Å²) in [4.78, 5) is 10.9. The van der Waals surface area contributed by atoms with Crippen LogP contribution in [0.4, 0.5) is 14.9 Å². The molecule has 98 valence electrons. The molecule has 0 fully saturated rings. The molecule has 2 rings (SSSR count). The van der Waals surface area contributed by atoms with Gasteiger partial charge in [-0.1, -0.05) is 24.3 Å².